The molecule has 28 heavy (non-hydrogen) atoms. The van der Waals surface area contributed by atoms with Crippen molar-refractivity contribution in [1.29, 1.82) is 0 Å². The molecule has 0 bridgehead atoms. The van der Waals surface area contributed by atoms with Crippen molar-refractivity contribution in [2.45, 2.75) is 5.03 Å². The molecule has 2 amide bonds. The van der Waals surface area contributed by atoms with Gasteiger partial charge in [-0.05, 0) is 30.0 Å². The van der Waals surface area contributed by atoms with Gasteiger partial charge in [-0.2, -0.15) is 0 Å². The van der Waals surface area contributed by atoms with E-state index < -0.39 is 22.8 Å². The summed E-state index contributed by atoms with van der Waals surface area (Å²) in [5, 5.41) is 5.12. The zero-order chi connectivity index (χ0) is 20.8. The fourth-order valence-electron chi connectivity index (χ4n) is 1.93. The molecule has 0 saturated carbocycles. The minimum atomic E-state index is -1.25. The lowest BCUT2D eigenvalue weighted by Crippen LogP contribution is -2.34. The molecule has 2 aromatic rings. The van der Waals surface area contributed by atoms with E-state index in [0.717, 1.165) is 11.3 Å². The summed E-state index contributed by atoms with van der Waals surface area (Å²) in [5.74, 6) is -0.509. The topological polar surface area (TPSA) is 91.8 Å². The Bertz CT molecular complexity index is 891. The highest BCUT2D eigenvalue weighted by molar-refractivity contribution is 7.84. The second-order valence-corrected chi connectivity index (χ2v) is 8.86. The molecule has 1 N–H and O–H groups in total. The third-order valence-electron chi connectivity index (χ3n) is 3.44. The predicted octanol–water partition coefficient (Wildman–Crippen LogP) is 3.30. The molecule has 1 atom stereocenters. The van der Waals surface area contributed by atoms with E-state index in [4.69, 9.17) is 28.1 Å². The van der Waals surface area contributed by atoms with Crippen LogP contribution in [0.15, 0.2) is 28.6 Å². The Balaban J connectivity index is 2.15. The molecule has 1 aromatic carbocycles. The second kappa shape index (κ2) is 10.2. The number of nitrogens with one attached hydrogen (secondary N) is 1. The number of carbonyl (C=O) groups is 2. The number of carbonyl (C=O) groups excluding carboxylic acids is 2. The molecule has 0 aliphatic heterocycles. The average Bonchev–Trinajstić information content (AvgIpc) is 3.09. The standard InChI is InChI=1S/C16H18Cl2N4O4S2/c1-21(6-7-22(2)18)16(24)26-12-5-4-10(17)8-11(12)14(23)20-15-19-13(9-27-15)28(3)25/h4-5,8-9H,6-7H2,1-3H3,(H,19,20,23). The summed E-state index contributed by atoms with van der Waals surface area (Å²) in [6, 6.07) is 4.33. The number of halogens is 2. The van der Waals surface area contributed by atoms with Crippen molar-refractivity contribution in [1.82, 2.24) is 14.3 Å². The average molecular weight is 465 g/mol. The molecule has 0 fully saturated rings. The Kier molecular flexibility index (Phi) is 8.20. The van der Waals surface area contributed by atoms with Gasteiger partial charge in [0.05, 0.1) is 16.4 Å². The number of rotatable bonds is 7. The Morgan fingerprint density at radius 2 is 2.04 bits per heavy atom. The van der Waals surface area contributed by atoms with Crippen LogP contribution in [-0.4, -0.2) is 64.0 Å². The second-order valence-electron chi connectivity index (χ2n) is 5.66. The summed E-state index contributed by atoms with van der Waals surface area (Å²) >= 11 is 12.9. The van der Waals surface area contributed by atoms with Gasteiger partial charge in [0.15, 0.2) is 5.13 Å². The van der Waals surface area contributed by atoms with Crippen LogP contribution in [0.2, 0.25) is 5.02 Å². The maximum Gasteiger partial charge on any atom is 0.415 e. The largest absolute Gasteiger partial charge is 0.415 e. The number of nitrogens with zero attached hydrogens (tertiary/aromatic N) is 3. The van der Waals surface area contributed by atoms with Crippen molar-refractivity contribution in [2.24, 2.45) is 0 Å². The Morgan fingerprint density at radius 3 is 2.64 bits per heavy atom. The lowest BCUT2D eigenvalue weighted by atomic mass is 10.2. The molecule has 0 aliphatic rings. The van der Waals surface area contributed by atoms with E-state index in [9.17, 15) is 13.8 Å². The van der Waals surface area contributed by atoms with Gasteiger partial charge in [0, 0.05) is 43.8 Å². The number of amides is 2. The monoisotopic (exact) mass is 464 g/mol. The van der Waals surface area contributed by atoms with Crippen LogP contribution in [-0.2, 0) is 10.8 Å². The summed E-state index contributed by atoms with van der Waals surface area (Å²) in [5.41, 5.74) is 0.0677. The molecule has 0 spiro atoms. The normalized spacial score (nSPS) is 11.9. The molecule has 0 radical (unpaired) electrons. The SMILES string of the molecule is CN(Cl)CCN(C)C(=O)Oc1ccc(Cl)cc1C(=O)Nc1nc(S(C)=O)cs1. The highest BCUT2D eigenvalue weighted by Gasteiger charge is 2.20. The number of anilines is 1. The van der Waals surface area contributed by atoms with Crippen LogP contribution in [0.1, 0.15) is 10.4 Å². The van der Waals surface area contributed by atoms with Crippen LogP contribution in [0.3, 0.4) is 0 Å². The van der Waals surface area contributed by atoms with Gasteiger partial charge in [0.2, 0.25) is 0 Å². The van der Waals surface area contributed by atoms with Gasteiger partial charge < -0.3 is 9.64 Å². The van der Waals surface area contributed by atoms with Crippen LogP contribution in [0, 0.1) is 0 Å². The number of aromatic nitrogens is 1. The molecule has 0 aliphatic carbocycles. The van der Waals surface area contributed by atoms with Gasteiger partial charge in [-0.3, -0.25) is 14.3 Å². The van der Waals surface area contributed by atoms with Crippen molar-refractivity contribution < 1.29 is 18.5 Å². The molecule has 1 aromatic heterocycles. The fraction of sp³-hybridized carbons (Fsp3) is 0.312. The number of hydrogen-bond donors (Lipinski definition) is 1. The third kappa shape index (κ3) is 6.42. The zero-order valence-electron chi connectivity index (χ0n) is 15.3. The van der Waals surface area contributed by atoms with E-state index in [1.54, 1.807) is 19.5 Å². The molecule has 8 nitrogen and oxygen atoms in total. The maximum absolute atomic E-state index is 12.6. The smallest absolute Gasteiger partial charge is 0.409 e. The first-order chi connectivity index (χ1) is 13.2. The van der Waals surface area contributed by atoms with Gasteiger partial charge in [-0.15, -0.1) is 11.3 Å². The minimum Gasteiger partial charge on any atom is -0.409 e. The predicted molar refractivity (Wildman–Crippen MR) is 111 cm³/mol. The molecule has 0 saturated heterocycles. The van der Waals surface area contributed by atoms with Crippen molar-refractivity contribution >= 4 is 62.6 Å². The van der Waals surface area contributed by atoms with Crippen molar-refractivity contribution in [2.75, 3.05) is 38.8 Å². The summed E-state index contributed by atoms with van der Waals surface area (Å²) in [7, 11) is 1.97. The number of likely N-dealkylation sites (N-methyl/N-ethyl adjacent to an activating group) is 2. The highest BCUT2D eigenvalue weighted by atomic mass is 35.5. The molecular weight excluding hydrogens is 447 g/mol. The van der Waals surface area contributed by atoms with E-state index in [1.807, 2.05) is 0 Å². The zero-order valence-corrected chi connectivity index (χ0v) is 18.4. The maximum atomic E-state index is 12.6. The first kappa shape index (κ1) is 22.6. The molecule has 1 unspecified atom stereocenters. The quantitative estimate of drug-likeness (QED) is 0.631. The summed E-state index contributed by atoms with van der Waals surface area (Å²) in [6.07, 6.45) is 0.848. The molecule has 152 valence electrons. The van der Waals surface area contributed by atoms with Gasteiger partial charge in [-0.25, -0.2) is 14.2 Å². The Labute approximate surface area is 179 Å². The van der Waals surface area contributed by atoms with Gasteiger partial charge in [0.1, 0.15) is 10.8 Å². The number of ether oxygens (including phenoxy) is 1. The number of thiazole rings is 1. The van der Waals surface area contributed by atoms with E-state index in [2.05, 4.69) is 10.3 Å². The lowest BCUT2D eigenvalue weighted by molar-refractivity contribution is 0.102. The van der Waals surface area contributed by atoms with Crippen LogP contribution < -0.4 is 10.1 Å². The van der Waals surface area contributed by atoms with Crippen LogP contribution in [0.25, 0.3) is 0 Å². The summed E-state index contributed by atoms with van der Waals surface area (Å²) in [6.45, 7) is 0.774. The van der Waals surface area contributed by atoms with Crippen molar-refractivity contribution in [3.63, 3.8) is 0 Å². The van der Waals surface area contributed by atoms with Crippen molar-refractivity contribution in [3.05, 3.63) is 34.2 Å². The van der Waals surface area contributed by atoms with E-state index in [0.29, 0.717) is 23.1 Å². The highest BCUT2D eigenvalue weighted by Crippen LogP contribution is 2.26. The molecule has 12 heteroatoms. The number of benzene rings is 1. The van der Waals surface area contributed by atoms with E-state index in [-0.39, 0.29) is 16.4 Å². The molecular formula is C16H18Cl2N4O4S2. The van der Waals surface area contributed by atoms with Crippen LogP contribution >= 0.6 is 34.7 Å². The first-order valence-corrected chi connectivity index (χ1v) is 11.0. The van der Waals surface area contributed by atoms with Gasteiger partial charge in [-0.1, -0.05) is 11.6 Å². The van der Waals surface area contributed by atoms with Crippen LogP contribution in [0.4, 0.5) is 9.93 Å². The van der Waals surface area contributed by atoms with Crippen LogP contribution in [0.5, 0.6) is 5.75 Å². The summed E-state index contributed by atoms with van der Waals surface area (Å²) in [4.78, 5) is 30.3. The van der Waals surface area contributed by atoms with Gasteiger partial charge >= 0.3 is 6.09 Å². The third-order valence-corrected chi connectivity index (χ3v) is 5.55. The Hall–Kier alpha value is -1.72. The lowest BCUT2D eigenvalue weighted by Gasteiger charge is -2.19. The van der Waals surface area contributed by atoms with E-state index in [1.165, 1.54) is 33.8 Å². The summed E-state index contributed by atoms with van der Waals surface area (Å²) < 4.78 is 18.2. The fourth-order valence-corrected chi connectivity index (χ4v) is 3.71. The minimum absolute atomic E-state index is 0.0498. The van der Waals surface area contributed by atoms with Crippen molar-refractivity contribution in [3.8, 4) is 5.75 Å². The van der Waals surface area contributed by atoms with Gasteiger partial charge in [0.25, 0.3) is 5.91 Å². The Morgan fingerprint density at radius 1 is 1.32 bits per heavy atom. The first-order valence-electron chi connectivity index (χ1n) is 7.87. The van der Waals surface area contributed by atoms with E-state index >= 15 is 0 Å². The molecule has 1 heterocycles. The number of hydrogen-bond acceptors (Lipinski definition) is 7. The molecule has 2 rings (SSSR count).